The van der Waals surface area contributed by atoms with Gasteiger partial charge in [0.25, 0.3) is 0 Å². The molecule has 2 aliphatic rings. The molecular formula is C15H21N3O2. The Balaban J connectivity index is 1.56. The minimum atomic E-state index is -0.0000393. The summed E-state index contributed by atoms with van der Waals surface area (Å²) < 4.78 is 5.01. The zero-order chi connectivity index (χ0) is 14.1. The summed E-state index contributed by atoms with van der Waals surface area (Å²) in [6.07, 6.45) is 5.20. The van der Waals surface area contributed by atoms with Gasteiger partial charge < -0.3 is 15.8 Å². The smallest absolute Gasteiger partial charge is 0.225 e. The SMILES string of the molecule is COc1ccc(CNC(=O)C2C3CCC(C3)C2N)cn1. The summed E-state index contributed by atoms with van der Waals surface area (Å²) in [6.45, 7) is 0.496. The molecule has 1 heterocycles. The lowest BCUT2D eigenvalue weighted by atomic mass is 9.84. The minimum absolute atomic E-state index is 0.0000393. The molecule has 0 aromatic carbocycles. The molecule has 1 aromatic heterocycles. The Morgan fingerprint density at radius 1 is 1.45 bits per heavy atom. The van der Waals surface area contributed by atoms with Crippen molar-refractivity contribution in [2.45, 2.75) is 31.8 Å². The maximum atomic E-state index is 12.3. The van der Waals surface area contributed by atoms with E-state index in [4.69, 9.17) is 10.5 Å². The van der Waals surface area contributed by atoms with Crippen LogP contribution in [0, 0.1) is 17.8 Å². The summed E-state index contributed by atoms with van der Waals surface area (Å²) >= 11 is 0. The third-order valence-electron chi connectivity index (χ3n) is 4.76. The standard InChI is InChI=1S/C15H21N3O2/c1-20-12-5-2-9(7-17-12)8-18-15(19)13-10-3-4-11(6-10)14(13)16/h2,5,7,10-11,13-14H,3-4,6,8,16H2,1H3,(H,18,19). The van der Waals surface area contributed by atoms with Crippen LogP contribution < -0.4 is 15.8 Å². The van der Waals surface area contributed by atoms with E-state index in [0.29, 0.717) is 24.3 Å². The van der Waals surface area contributed by atoms with Gasteiger partial charge in [-0.2, -0.15) is 0 Å². The Morgan fingerprint density at radius 3 is 2.85 bits per heavy atom. The first kappa shape index (κ1) is 13.4. The van der Waals surface area contributed by atoms with E-state index in [1.54, 1.807) is 19.4 Å². The second-order valence-corrected chi connectivity index (χ2v) is 5.86. The Bertz CT molecular complexity index is 486. The monoisotopic (exact) mass is 275 g/mol. The van der Waals surface area contributed by atoms with Gasteiger partial charge in [-0.1, -0.05) is 6.07 Å². The number of carbonyl (C=O) groups excluding carboxylic acids is 1. The normalized spacial score (nSPS) is 31.3. The zero-order valence-electron chi connectivity index (χ0n) is 11.7. The third kappa shape index (κ3) is 2.38. The van der Waals surface area contributed by atoms with Crippen molar-refractivity contribution in [1.29, 1.82) is 0 Å². The number of amides is 1. The van der Waals surface area contributed by atoms with Gasteiger partial charge in [-0.25, -0.2) is 4.98 Å². The van der Waals surface area contributed by atoms with E-state index in [-0.39, 0.29) is 17.9 Å². The number of ether oxygens (including phenoxy) is 1. The van der Waals surface area contributed by atoms with Crippen LogP contribution in [-0.2, 0) is 11.3 Å². The van der Waals surface area contributed by atoms with Crippen molar-refractivity contribution in [3.05, 3.63) is 23.9 Å². The predicted octanol–water partition coefficient (Wildman–Crippen LogP) is 1.08. The molecule has 2 bridgehead atoms. The summed E-state index contributed by atoms with van der Waals surface area (Å²) in [4.78, 5) is 16.4. The number of hydrogen-bond donors (Lipinski definition) is 2. The van der Waals surface area contributed by atoms with Gasteiger partial charge in [0.05, 0.1) is 13.0 Å². The molecule has 4 atom stereocenters. The zero-order valence-corrected chi connectivity index (χ0v) is 11.7. The van der Waals surface area contributed by atoms with Crippen LogP contribution in [0.3, 0.4) is 0 Å². The molecule has 1 amide bonds. The number of methoxy groups -OCH3 is 1. The highest BCUT2D eigenvalue weighted by Gasteiger charge is 2.48. The molecule has 0 saturated heterocycles. The topological polar surface area (TPSA) is 77.2 Å². The maximum Gasteiger partial charge on any atom is 0.225 e. The van der Waals surface area contributed by atoms with Gasteiger partial charge in [0.15, 0.2) is 0 Å². The Kier molecular flexibility index (Phi) is 3.61. The van der Waals surface area contributed by atoms with E-state index < -0.39 is 0 Å². The van der Waals surface area contributed by atoms with Crippen LogP contribution in [0.2, 0.25) is 0 Å². The van der Waals surface area contributed by atoms with Crippen LogP contribution in [-0.4, -0.2) is 24.0 Å². The summed E-state index contributed by atoms with van der Waals surface area (Å²) in [5.41, 5.74) is 7.15. The van der Waals surface area contributed by atoms with E-state index in [2.05, 4.69) is 10.3 Å². The van der Waals surface area contributed by atoms with E-state index in [1.165, 1.54) is 6.42 Å². The molecule has 0 radical (unpaired) electrons. The van der Waals surface area contributed by atoms with Gasteiger partial charge >= 0.3 is 0 Å². The molecule has 2 aliphatic carbocycles. The van der Waals surface area contributed by atoms with E-state index in [9.17, 15) is 4.79 Å². The largest absolute Gasteiger partial charge is 0.481 e. The van der Waals surface area contributed by atoms with E-state index in [1.807, 2.05) is 6.07 Å². The number of fused-ring (bicyclic) bond motifs is 2. The fourth-order valence-corrected chi connectivity index (χ4v) is 3.67. The van der Waals surface area contributed by atoms with Gasteiger partial charge in [0.1, 0.15) is 0 Å². The van der Waals surface area contributed by atoms with Gasteiger partial charge in [0.2, 0.25) is 11.8 Å². The van der Waals surface area contributed by atoms with Crippen LogP contribution >= 0.6 is 0 Å². The Labute approximate surface area is 118 Å². The predicted molar refractivity (Wildman–Crippen MR) is 74.9 cm³/mol. The molecule has 5 nitrogen and oxygen atoms in total. The summed E-state index contributed by atoms with van der Waals surface area (Å²) in [7, 11) is 1.58. The lowest BCUT2D eigenvalue weighted by Gasteiger charge is -2.27. The first-order chi connectivity index (χ1) is 9.69. The molecule has 3 N–H and O–H groups in total. The second kappa shape index (κ2) is 5.40. The first-order valence-electron chi connectivity index (χ1n) is 7.21. The molecule has 0 spiro atoms. The summed E-state index contributed by atoms with van der Waals surface area (Å²) in [5, 5.41) is 2.99. The maximum absolute atomic E-state index is 12.3. The van der Waals surface area contributed by atoms with Gasteiger partial charge in [-0.3, -0.25) is 4.79 Å². The molecule has 4 unspecified atom stereocenters. The van der Waals surface area contributed by atoms with Gasteiger partial charge in [-0.15, -0.1) is 0 Å². The number of nitrogens with two attached hydrogens (primary N) is 1. The molecule has 2 fully saturated rings. The van der Waals surface area contributed by atoms with Crippen molar-refractivity contribution in [2.24, 2.45) is 23.5 Å². The lowest BCUT2D eigenvalue weighted by Crippen LogP contribution is -2.45. The Hall–Kier alpha value is -1.62. The highest BCUT2D eigenvalue weighted by Crippen LogP contribution is 2.47. The van der Waals surface area contributed by atoms with E-state index >= 15 is 0 Å². The van der Waals surface area contributed by atoms with Crippen molar-refractivity contribution in [3.8, 4) is 5.88 Å². The number of pyridine rings is 1. The molecule has 2 saturated carbocycles. The fourth-order valence-electron chi connectivity index (χ4n) is 3.67. The van der Waals surface area contributed by atoms with Crippen molar-refractivity contribution in [2.75, 3.05) is 7.11 Å². The minimum Gasteiger partial charge on any atom is -0.481 e. The number of nitrogens with zero attached hydrogens (tertiary/aromatic N) is 1. The molecule has 1 aromatic rings. The number of rotatable bonds is 4. The van der Waals surface area contributed by atoms with Gasteiger partial charge in [0, 0.05) is 24.8 Å². The molecule has 0 aliphatic heterocycles. The van der Waals surface area contributed by atoms with Gasteiger partial charge in [-0.05, 0) is 36.7 Å². The third-order valence-corrected chi connectivity index (χ3v) is 4.76. The van der Waals surface area contributed by atoms with E-state index in [0.717, 1.165) is 18.4 Å². The molecule has 5 heteroatoms. The van der Waals surface area contributed by atoms with Crippen molar-refractivity contribution in [1.82, 2.24) is 10.3 Å². The molecule has 108 valence electrons. The fraction of sp³-hybridized carbons (Fsp3) is 0.600. The van der Waals surface area contributed by atoms with Crippen LogP contribution in [0.25, 0.3) is 0 Å². The first-order valence-corrected chi connectivity index (χ1v) is 7.21. The lowest BCUT2D eigenvalue weighted by molar-refractivity contribution is -0.127. The second-order valence-electron chi connectivity index (χ2n) is 5.86. The summed E-state index contributed by atoms with van der Waals surface area (Å²) in [5.74, 6) is 1.72. The van der Waals surface area contributed by atoms with Crippen LogP contribution in [0.5, 0.6) is 5.88 Å². The average molecular weight is 275 g/mol. The number of aromatic nitrogens is 1. The number of hydrogen-bond acceptors (Lipinski definition) is 4. The Morgan fingerprint density at radius 2 is 2.25 bits per heavy atom. The van der Waals surface area contributed by atoms with Crippen molar-refractivity contribution >= 4 is 5.91 Å². The number of nitrogens with one attached hydrogen (secondary N) is 1. The van der Waals surface area contributed by atoms with Crippen LogP contribution in [0.1, 0.15) is 24.8 Å². The highest BCUT2D eigenvalue weighted by molar-refractivity contribution is 5.80. The van der Waals surface area contributed by atoms with Crippen molar-refractivity contribution < 1.29 is 9.53 Å². The molecule has 20 heavy (non-hydrogen) atoms. The average Bonchev–Trinajstić information content (AvgIpc) is 3.06. The molecule has 3 rings (SSSR count). The number of carbonyl (C=O) groups is 1. The van der Waals surface area contributed by atoms with Crippen LogP contribution in [0.15, 0.2) is 18.3 Å². The van der Waals surface area contributed by atoms with Crippen molar-refractivity contribution in [3.63, 3.8) is 0 Å². The molecular weight excluding hydrogens is 254 g/mol. The summed E-state index contributed by atoms with van der Waals surface area (Å²) in [6, 6.07) is 3.75. The quantitative estimate of drug-likeness (QED) is 0.862. The highest BCUT2D eigenvalue weighted by atomic mass is 16.5. The van der Waals surface area contributed by atoms with Crippen LogP contribution in [0.4, 0.5) is 0 Å².